The van der Waals surface area contributed by atoms with Crippen molar-refractivity contribution < 1.29 is 9.90 Å². The number of aliphatic hydroxyl groups is 1. The van der Waals surface area contributed by atoms with E-state index in [1.165, 1.54) is 11.8 Å². The molecule has 4 nitrogen and oxygen atoms in total. The first-order valence-corrected chi connectivity index (χ1v) is 6.64. The van der Waals surface area contributed by atoms with Crippen LogP contribution >= 0.6 is 11.8 Å². The quantitative estimate of drug-likeness (QED) is 0.723. The van der Waals surface area contributed by atoms with E-state index in [1.54, 1.807) is 12.4 Å². The topological polar surface area (TPSA) is 62.2 Å². The number of pyridine rings is 1. The van der Waals surface area contributed by atoms with Crippen molar-refractivity contribution in [2.45, 2.75) is 30.7 Å². The number of carbonyl (C=O) groups excluding carboxylic acids is 1. The van der Waals surface area contributed by atoms with E-state index in [4.69, 9.17) is 5.11 Å². The predicted molar refractivity (Wildman–Crippen MR) is 68.9 cm³/mol. The third-order valence-corrected chi connectivity index (χ3v) is 3.23. The lowest BCUT2D eigenvalue weighted by molar-refractivity contribution is -0.119. The van der Waals surface area contributed by atoms with Gasteiger partial charge in [-0.15, -0.1) is 11.8 Å². The van der Waals surface area contributed by atoms with Gasteiger partial charge in [-0.2, -0.15) is 0 Å². The molecule has 1 heterocycles. The summed E-state index contributed by atoms with van der Waals surface area (Å²) in [4.78, 5) is 16.5. The normalized spacial score (nSPS) is 12.1. The molecule has 1 aromatic heterocycles. The van der Waals surface area contributed by atoms with Crippen LogP contribution in [-0.2, 0) is 4.79 Å². The highest BCUT2D eigenvalue weighted by Crippen LogP contribution is 2.15. The summed E-state index contributed by atoms with van der Waals surface area (Å²) in [6.45, 7) is 2.12. The lowest BCUT2D eigenvalue weighted by atomic mass is 10.2. The van der Waals surface area contributed by atoms with E-state index in [0.717, 1.165) is 17.7 Å². The molecule has 17 heavy (non-hydrogen) atoms. The van der Waals surface area contributed by atoms with E-state index in [9.17, 15) is 4.79 Å². The number of hydrogen-bond donors (Lipinski definition) is 2. The zero-order valence-electron chi connectivity index (χ0n) is 9.93. The molecule has 0 spiro atoms. The van der Waals surface area contributed by atoms with Gasteiger partial charge in [-0.3, -0.25) is 9.78 Å². The summed E-state index contributed by atoms with van der Waals surface area (Å²) in [5.74, 6) is 0.435. The number of carbonyl (C=O) groups is 1. The van der Waals surface area contributed by atoms with Crippen LogP contribution in [0.5, 0.6) is 0 Å². The number of thioether (sulfide) groups is 1. The van der Waals surface area contributed by atoms with Gasteiger partial charge in [0, 0.05) is 29.9 Å². The summed E-state index contributed by atoms with van der Waals surface area (Å²) in [6.07, 6.45) is 4.95. The van der Waals surface area contributed by atoms with Gasteiger partial charge in [0.1, 0.15) is 0 Å². The van der Waals surface area contributed by atoms with Crippen LogP contribution in [0, 0.1) is 0 Å². The molecule has 0 saturated heterocycles. The number of aromatic nitrogens is 1. The molecule has 2 N–H and O–H groups in total. The first kappa shape index (κ1) is 14.0. The third-order valence-electron chi connectivity index (χ3n) is 2.22. The molecule has 1 amide bonds. The molecular weight excluding hydrogens is 236 g/mol. The summed E-state index contributed by atoms with van der Waals surface area (Å²) in [5.41, 5.74) is 0. The number of aliphatic hydroxyl groups excluding tert-OH is 1. The first-order valence-electron chi connectivity index (χ1n) is 5.65. The van der Waals surface area contributed by atoms with Crippen molar-refractivity contribution >= 4 is 17.7 Å². The van der Waals surface area contributed by atoms with Gasteiger partial charge in [-0.05, 0) is 31.9 Å². The fraction of sp³-hybridized carbons (Fsp3) is 0.500. The number of nitrogens with one attached hydrogen (secondary N) is 1. The minimum absolute atomic E-state index is 0.0252. The Morgan fingerprint density at radius 3 is 2.88 bits per heavy atom. The van der Waals surface area contributed by atoms with Gasteiger partial charge < -0.3 is 10.4 Å². The van der Waals surface area contributed by atoms with Crippen molar-refractivity contribution in [2.75, 3.05) is 12.4 Å². The second kappa shape index (κ2) is 8.08. The van der Waals surface area contributed by atoms with Gasteiger partial charge >= 0.3 is 0 Å². The monoisotopic (exact) mass is 254 g/mol. The first-order chi connectivity index (χ1) is 8.22. The lowest BCUT2D eigenvalue weighted by Crippen LogP contribution is -2.33. The zero-order valence-corrected chi connectivity index (χ0v) is 10.7. The Morgan fingerprint density at radius 1 is 1.53 bits per heavy atom. The van der Waals surface area contributed by atoms with Crippen LogP contribution in [0.4, 0.5) is 0 Å². The minimum Gasteiger partial charge on any atom is -0.396 e. The van der Waals surface area contributed by atoms with Gasteiger partial charge in [0.2, 0.25) is 5.91 Å². The SMILES string of the molecule is CC(CCCO)NC(=O)CSc1ccncc1. The summed E-state index contributed by atoms with van der Waals surface area (Å²) in [7, 11) is 0. The van der Waals surface area contributed by atoms with Crippen molar-refractivity contribution in [1.29, 1.82) is 0 Å². The van der Waals surface area contributed by atoms with Gasteiger partial charge in [0.15, 0.2) is 0 Å². The van der Waals surface area contributed by atoms with Crippen molar-refractivity contribution in [3.8, 4) is 0 Å². The molecule has 0 aliphatic heterocycles. The maximum Gasteiger partial charge on any atom is 0.230 e. The number of rotatable bonds is 7. The number of hydrogen-bond acceptors (Lipinski definition) is 4. The summed E-state index contributed by atoms with van der Waals surface area (Å²) in [5, 5.41) is 11.6. The van der Waals surface area contributed by atoms with Crippen LogP contribution in [0.2, 0.25) is 0 Å². The highest BCUT2D eigenvalue weighted by atomic mass is 32.2. The summed E-state index contributed by atoms with van der Waals surface area (Å²) >= 11 is 1.49. The van der Waals surface area contributed by atoms with Crippen LogP contribution in [-0.4, -0.2) is 34.4 Å². The van der Waals surface area contributed by atoms with Gasteiger partial charge in [-0.1, -0.05) is 0 Å². The van der Waals surface area contributed by atoms with E-state index >= 15 is 0 Å². The van der Waals surface area contributed by atoms with Crippen molar-refractivity contribution in [1.82, 2.24) is 10.3 Å². The van der Waals surface area contributed by atoms with Crippen molar-refractivity contribution in [3.63, 3.8) is 0 Å². The van der Waals surface area contributed by atoms with Crippen LogP contribution in [0.15, 0.2) is 29.4 Å². The number of amides is 1. The fourth-order valence-electron chi connectivity index (χ4n) is 1.37. The van der Waals surface area contributed by atoms with E-state index in [0.29, 0.717) is 5.75 Å². The smallest absolute Gasteiger partial charge is 0.230 e. The average Bonchev–Trinajstić information content (AvgIpc) is 2.35. The molecule has 0 aliphatic rings. The molecule has 1 unspecified atom stereocenters. The molecule has 0 radical (unpaired) electrons. The van der Waals surface area contributed by atoms with Crippen LogP contribution in [0.3, 0.4) is 0 Å². The van der Waals surface area contributed by atoms with Gasteiger partial charge in [-0.25, -0.2) is 0 Å². The molecule has 5 heteroatoms. The van der Waals surface area contributed by atoms with E-state index in [1.807, 2.05) is 19.1 Å². The van der Waals surface area contributed by atoms with E-state index in [-0.39, 0.29) is 18.6 Å². The van der Waals surface area contributed by atoms with Crippen LogP contribution in [0.1, 0.15) is 19.8 Å². The highest BCUT2D eigenvalue weighted by molar-refractivity contribution is 8.00. The van der Waals surface area contributed by atoms with E-state index in [2.05, 4.69) is 10.3 Å². The Morgan fingerprint density at radius 2 is 2.24 bits per heavy atom. The maximum absolute atomic E-state index is 11.6. The highest BCUT2D eigenvalue weighted by Gasteiger charge is 2.07. The van der Waals surface area contributed by atoms with Crippen molar-refractivity contribution in [2.24, 2.45) is 0 Å². The Labute approximate surface area is 106 Å². The van der Waals surface area contributed by atoms with Crippen molar-refractivity contribution in [3.05, 3.63) is 24.5 Å². The van der Waals surface area contributed by atoms with Crippen LogP contribution < -0.4 is 5.32 Å². The molecule has 0 aliphatic carbocycles. The molecule has 94 valence electrons. The standard InChI is InChI=1S/C12H18N2O2S/c1-10(3-2-8-15)14-12(16)9-17-11-4-6-13-7-5-11/h4-7,10,15H,2-3,8-9H2,1H3,(H,14,16). The second-order valence-corrected chi connectivity index (χ2v) is 4.85. The Bertz CT molecular complexity index is 333. The Balaban J connectivity index is 2.21. The molecule has 1 atom stereocenters. The fourth-order valence-corrected chi connectivity index (χ4v) is 2.06. The van der Waals surface area contributed by atoms with Crippen LogP contribution in [0.25, 0.3) is 0 Å². The third kappa shape index (κ3) is 6.28. The number of nitrogens with zero attached hydrogens (tertiary/aromatic N) is 1. The van der Waals surface area contributed by atoms with Gasteiger partial charge in [0.25, 0.3) is 0 Å². The minimum atomic E-state index is 0.0252. The maximum atomic E-state index is 11.6. The lowest BCUT2D eigenvalue weighted by Gasteiger charge is -2.12. The molecule has 0 aromatic carbocycles. The molecule has 0 fully saturated rings. The van der Waals surface area contributed by atoms with Gasteiger partial charge in [0.05, 0.1) is 5.75 Å². The molecular formula is C12H18N2O2S. The average molecular weight is 254 g/mol. The Hall–Kier alpha value is -1.07. The summed E-state index contributed by atoms with van der Waals surface area (Å²) < 4.78 is 0. The summed E-state index contributed by atoms with van der Waals surface area (Å²) in [6, 6.07) is 3.88. The van der Waals surface area contributed by atoms with E-state index < -0.39 is 0 Å². The molecule has 1 rings (SSSR count). The Kier molecular flexibility index (Phi) is 6.65. The molecule has 0 bridgehead atoms. The molecule has 1 aromatic rings. The predicted octanol–water partition coefficient (Wildman–Crippen LogP) is 1.45. The largest absolute Gasteiger partial charge is 0.396 e. The second-order valence-electron chi connectivity index (χ2n) is 3.81. The zero-order chi connectivity index (χ0) is 12.5. The molecule has 0 saturated carbocycles.